The van der Waals surface area contributed by atoms with E-state index in [0.717, 1.165) is 47.5 Å². The fraction of sp³-hybridized carbons (Fsp3) is 0.400. The molecule has 1 fully saturated rings. The monoisotopic (exact) mass is 426 g/mol. The smallest absolute Gasteiger partial charge is 0.240 e. The van der Waals surface area contributed by atoms with Gasteiger partial charge in [0.05, 0.1) is 16.8 Å². The Hall–Kier alpha value is -2.36. The van der Waals surface area contributed by atoms with Gasteiger partial charge in [0.15, 0.2) is 11.6 Å². The molecule has 0 unspecified atom stereocenters. The molecule has 5 heterocycles. The molecule has 0 amide bonds. The summed E-state index contributed by atoms with van der Waals surface area (Å²) in [6.45, 7) is 10.6. The molecule has 1 aliphatic heterocycles. The van der Waals surface area contributed by atoms with Crippen LogP contribution in [-0.2, 0) is 6.54 Å². The Kier molecular flexibility index (Phi) is 4.81. The third-order valence-corrected chi connectivity index (χ3v) is 7.32. The second-order valence-corrected chi connectivity index (χ2v) is 9.46. The molecule has 1 saturated heterocycles. The molecule has 7 nitrogen and oxygen atoms in total. The van der Waals surface area contributed by atoms with E-state index in [1.54, 1.807) is 22.7 Å². The number of anilines is 1. The molecule has 0 aliphatic carbocycles. The van der Waals surface area contributed by atoms with Crippen LogP contribution in [0.5, 0.6) is 0 Å². The van der Waals surface area contributed by atoms with Crippen LogP contribution >= 0.6 is 22.7 Å². The van der Waals surface area contributed by atoms with E-state index >= 15 is 0 Å². The van der Waals surface area contributed by atoms with Gasteiger partial charge in [0.25, 0.3) is 0 Å². The standard InChI is InChI=1S/C20H22N6OS2/c1-12-13(2)29-20-17(12)19(22-18(23-20)15-5-4-10-28-15)26-8-6-25(7-9-26)11-16-21-14(3)24-27-16/h4-5,10H,6-9,11H2,1-3H3. The van der Waals surface area contributed by atoms with E-state index in [4.69, 9.17) is 14.5 Å². The SMILES string of the molecule is Cc1noc(CN2CCN(c3nc(-c4cccs4)nc4sc(C)c(C)c34)CC2)n1. The summed E-state index contributed by atoms with van der Waals surface area (Å²) in [4.78, 5) is 22.5. The highest BCUT2D eigenvalue weighted by Gasteiger charge is 2.24. The van der Waals surface area contributed by atoms with Crippen molar-refractivity contribution in [3.8, 4) is 10.7 Å². The van der Waals surface area contributed by atoms with Gasteiger partial charge in [-0.25, -0.2) is 9.97 Å². The van der Waals surface area contributed by atoms with Gasteiger partial charge in [-0.3, -0.25) is 4.90 Å². The summed E-state index contributed by atoms with van der Waals surface area (Å²) in [7, 11) is 0. The fourth-order valence-electron chi connectivity index (χ4n) is 3.69. The van der Waals surface area contributed by atoms with Crippen LogP contribution in [0.4, 0.5) is 5.82 Å². The Labute approximate surface area is 177 Å². The lowest BCUT2D eigenvalue weighted by Gasteiger charge is -2.35. The van der Waals surface area contributed by atoms with E-state index in [1.165, 1.54) is 15.8 Å². The van der Waals surface area contributed by atoms with Gasteiger partial charge in [0.2, 0.25) is 5.89 Å². The molecule has 0 aromatic carbocycles. The Balaban J connectivity index is 1.43. The molecule has 5 rings (SSSR count). The van der Waals surface area contributed by atoms with Crippen molar-refractivity contribution in [1.82, 2.24) is 25.0 Å². The van der Waals surface area contributed by atoms with Crippen LogP contribution in [-0.4, -0.2) is 51.2 Å². The van der Waals surface area contributed by atoms with Gasteiger partial charge in [-0.2, -0.15) is 4.98 Å². The van der Waals surface area contributed by atoms with Gasteiger partial charge in [-0.05, 0) is 37.8 Å². The van der Waals surface area contributed by atoms with Crippen LogP contribution in [0.2, 0.25) is 0 Å². The number of nitrogens with zero attached hydrogens (tertiary/aromatic N) is 6. The minimum atomic E-state index is 0.685. The van der Waals surface area contributed by atoms with E-state index in [-0.39, 0.29) is 0 Å². The summed E-state index contributed by atoms with van der Waals surface area (Å²) in [5, 5.41) is 7.16. The number of hydrogen-bond acceptors (Lipinski definition) is 9. The Morgan fingerprint density at radius 2 is 1.90 bits per heavy atom. The first-order valence-electron chi connectivity index (χ1n) is 9.66. The molecule has 0 atom stereocenters. The summed E-state index contributed by atoms with van der Waals surface area (Å²) in [6, 6.07) is 4.14. The van der Waals surface area contributed by atoms with Crippen molar-refractivity contribution >= 4 is 38.7 Å². The van der Waals surface area contributed by atoms with E-state index in [1.807, 2.05) is 6.92 Å². The molecule has 0 bridgehead atoms. The Morgan fingerprint density at radius 3 is 2.59 bits per heavy atom. The zero-order chi connectivity index (χ0) is 20.0. The zero-order valence-electron chi connectivity index (χ0n) is 16.7. The highest BCUT2D eigenvalue weighted by molar-refractivity contribution is 7.19. The number of aromatic nitrogens is 4. The number of piperazine rings is 1. The summed E-state index contributed by atoms with van der Waals surface area (Å²) in [5.41, 5.74) is 1.29. The molecule has 29 heavy (non-hydrogen) atoms. The van der Waals surface area contributed by atoms with E-state index in [9.17, 15) is 0 Å². The van der Waals surface area contributed by atoms with Gasteiger partial charge in [0.1, 0.15) is 10.6 Å². The number of rotatable bonds is 4. The molecule has 0 saturated carbocycles. The van der Waals surface area contributed by atoms with Gasteiger partial charge < -0.3 is 9.42 Å². The van der Waals surface area contributed by atoms with Gasteiger partial charge >= 0.3 is 0 Å². The minimum Gasteiger partial charge on any atom is -0.353 e. The van der Waals surface area contributed by atoms with Crippen molar-refractivity contribution in [3.63, 3.8) is 0 Å². The lowest BCUT2D eigenvalue weighted by Crippen LogP contribution is -2.46. The molecule has 1 aliphatic rings. The molecule has 150 valence electrons. The van der Waals surface area contributed by atoms with Gasteiger partial charge in [-0.15, -0.1) is 22.7 Å². The first kappa shape index (κ1) is 18.7. The fourth-order valence-corrected chi connectivity index (χ4v) is 5.37. The summed E-state index contributed by atoms with van der Waals surface area (Å²) in [5.74, 6) is 3.26. The molecular formula is C20H22N6OS2. The first-order valence-corrected chi connectivity index (χ1v) is 11.4. The molecule has 9 heteroatoms. The van der Waals surface area contributed by atoms with Crippen LogP contribution in [0.25, 0.3) is 20.9 Å². The van der Waals surface area contributed by atoms with Gasteiger partial charge in [0, 0.05) is 31.1 Å². The molecule has 0 radical (unpaired) electrons. The van der Waals surface area contributed by atoms with Crippen LogP contribution in [0.3, 0.4) is 0 Å². The molecule has 4 aromatic rings. The minimum absolute atomic E-state index is 0.685. The zero-order valence-corrected chi connectivity index (χ0v) is 18.3. The normalized spacial score (nSPS) is 15.5. The maximum atomic E-state index is 5.28. The predicted octanol–water partition coefficient (Wildman–Crippen LogP) is 4.05. The highest BCUT2D eigenvalue weighted by Crippen LogP contribution is 2.37. The largest absolute Gasteiger partial charge is 0.353 e. The number of hydrogen-bond donors (Lipinski definition) is 0. The second kappa shape index (κ2) is 7.47. The third-order valence-electron chi connectivity index (χ3n) is 5.35. The van der Waals surface area contributed by atoms with Crippen molar-refractivity contribution < 1.29 is 4.52 Å². The van der Waals surface area contributed by atoms with Crippen molar-refractivity contribution in [2.45, 2.75) is 27.3 Å². The van der Waals surface area contributed by atoms with Crippen molar-refractivity contribution in [2.75, 3.05) is 31.1 Å². The van der Waals surface area contributed by atoms with Gasteiger partial charge in [-0.1, -0.05) is 11.2 Å². The molecule has 4 aromatic heterocycles. The lowest BCUT2D eigenvalue weighted by atomic mass is 10.2. The highest BCUT2D eigenvalue weighted by atomic mass is 32.1. The van der Waals surface area contributed by atoms with E-state index in [2.05, 4.69) is 51.3 Å². The average molecular weight is 427 g/mol. The number of fused-ring (bicyclic) bond motifs is 1. The van der Waals surface area contributed by atoms with Crippen LogP contribution in [0.15, 0.2) is 22.0 Å². The predicted molar refractivity (Wildman–Crippen MR) is 117 cm³/mol. The van der Waals surface area contributed by atoms with Crippen LogP contribution in [0.1, 0.15) is 22.2 Å². The van der Waals surface area contributed by atoms with E-state index < -0.39 is 0 Å². The molecule has 0 N–H and O–H groups in total. The number of aryl methyl sites for hydroxylation is 3. The van der Waals surface area contributed by atoms with Crippen molar-refractivity contribution in [1.29, 1.82) is 0 Å². The molecule has 0 spiro atoms. The van der Waals surface area contributed by atoms with Crippen molar-refractivity contribution in [2.24, 2.45) is 0 Å². The lowest BCUT2D eigenvalue weighted by molar-refractivity contribution is 0.215. The van der Waals surface area contributed by atoms with Crippen molar-refractivity contribution in [3.05, 3.63) is 39.7 Å². The quantitative estimate of drug-likeness (QED) is 0.487. The number of thiophene rings is 2. The summed E-state index contributed by atoms with van der Waals surface area (Å²) < 4.78 is 5.28. The topological polar surface area (TPSA) is 71.2 Å². The first-order chi connectivity index (χ1) is 14.1. The second-order valence-electron chi connectivity index (χ2n) is 7.31. The maximum absolute atomic E-state index is 5.28. The third kappa shape index (κ3) is 3.54. The molecular weight excluding hydrogens is 404 g/mol. The Bertz CT molecular complexity index is 1140. The maximum Gasteiger partial charge on any atom is 0.240 e. The summed E-state index contributed by atoms with van der Waals surface area (Å²) >= 11 is 3.45. The van der Waals surface area contributed by atoms with Crippen LogP contribution in [0, 0.1) is 20.8 Å². The Morgan fingerprint density at radius 1 is 1.07 bits per heavy atom. The van der Waals surface area contributed by atoms with E-state index in [0.29, 0.717) is 18.3 Å². The van der Waals surface area contributed by atoms with Crippen LogP contribution < -0.4 is 4.90 Å². The summed E-state index contributed by atoms with van der Waals surface area (Å²) in [6.07, 6.45) is 0. The average Bonchev–Trinajstić information content (AvgIpc) is 3.44.